The Hall–Kier alpha value is -2.94. The maximum atomic E-state index is 6.21. The summed E-state index contributed by atoms with van der Waals surface area (Å²) in [4.78, 5) is 0. The molecule has 0 spiro atoms. The Morgan fingerprint density at radius 2 is 1.50 bits per heavy atom. The highest BCUT2D eigenvalue weighted by Gasteiger charge is 2.13. The molecule has 0 bridgehead atoms. The summed E-state index contributed by atoms with van der Waals surface area (Å²) in [6.07, 6.45) is -0.381. The van der Waals surface area contributed by atoms with E-state index in [4.69, 9.17) is 18.9 Å². The molecule has 5 heteroatoms. The zero-order valence-electron chi connectivity index (χ0n) is 17.1. The number of benzene rings is 3. The third kappa shape index (κ3) is 5.56. The van der Waals surface area contributed by atoms with Gasteiger partial charge < -0.3 is 18.9 Å². The average Bonchev–Trinajstić information content (AvgIpc) is 2.80. The van der Waals surface area contributed by atoms with Crippen molar-refractivity contribution in [3.63, 3.8) is 0 Å². The Labute approximate surface area is 185 Å². The van der Waals surface area contributed by atoms with Crippen LogP contribution in [0.4, 0.5) is 0 Å². The third-order valence-corrected chi connectivity index (χ3v) is 5.24. The first kappa shape index (κ1) is 21.8. The van der Waals surface area contributed by atoms with Gasteiger partial charge in [-0.3, -0.25) is 0 Å². The van der Waals surface area contributed by atoms with Crippen LogP contribution in [0.3, 0.4) is 0 Å². The van der Waals surface area contributed by atoms with E-state index in [1.54, 1.807) is 21.3 Å². The number of hydrogen-bond acceptors (Lipinski definition) is 4. The fourth-order valence-electron chi connectivity index (χ4n) is 2.85. The second kappa shape index (κ2) is 10.7. The van der Waals surface area contributed by atoms with Gasteiger partial charge in [-0.1, -0.05) is 58.1 Å². The zero-order chi connectivity index (χ0) is 21.3. The predicted octanol–water partition coefficient (Wildman–Crippen LogP) is 5.78. The number of ether oxygens (including phenoxy) is 4. The summed E-state index contributed by atoms with van der Waals surface area (Å²) in [7, 11) is 4.87. The molecular weight excluding hydrogens is 444 g/mol. The van der Waals surface area contributed by atoms with Gasteiger partial charge in [-0.25, -0.2) is 0 Å². The Bertz CT molecular complexity index is 1020. The van der Waals surface area contributed by atoms with E-state index in [9.17, 15) is 0 Å². The first-order valence-electron chi connectivity index (χ1n) is 9.37. The van der Waals surface area contributed by atoms with Crippen LogP contribution >= 0.6 is 15.9 Å². The molecule has 1 atom stereocenters. The van der Waals surface area contributed by atoms with Crippen molar-refractivity contribution in [1.82, 2.24) is 0 Å². The summed E-state index contributed by atoms with van der Waals surface area (Å²) in [6, 6.07) is 21.4. The number of hydrogen-bond donors (Lipinski definition) is 0. The smallest absolute Gasteiger partial charge is 0.161 e. The van der Waals surface area contributed by atoms with Crippen LogP contribution in [0, 0.1) is 11.8 Å². The lowest BCUT2D eigenvalue weighted by atomic mass is 10.1. The van der Waals surface area contributed by atoms with Gasteiger partial charge in [0.2, 0.25) is 0 Å². The van der Waals surface area contributed by atoms with Crippen LogP contribution < -0.4 is 14.2 Å². The zero-order valence-corrected chi connectivity index (χ0v) is 18.7. The van der Waals surface area contributed by atoms with E-state index in [1.807, 2.05) is 66.7 Å². The molecule has 0 N–H and O–H groups in total. The molecule has 3 rings (SSSR count). The van der Waals surface area contributed by atoms with Crippen molar-refractivity contribution in [2.45, 2.75) is 12.7 Å². The molecule has 0 aliphatic rings. The lowest BCUT2D eigenvalue weighted by Crippen LogP contribution is -2.04. The molecule has 0 saturated carbocycles. The summed E-state index contributed by atoms with van der Waals surface area (Å²) >= 11 is 3.58. The molecule has 0 fully saturated rings. The molecule has 30 heavy (non-hydrogen) atoms. The summed E-state index contributed by atoms with van der Waals surface area (Å²) < 4.78 is 23.0. The minimum atomic E-state index is -0.381. The fourth-order valence-corrected chi connectivity index (χ4v) is 3.29. The molecule has 0 aliphatic heterocycles. The lowest BCUT2D eigenvalue weighted by molar-refractivity contribution is 0.0776. The van der Waals surface area contributed by atoms with Gasteiger partial charge in [0.1, 0.15) is 11.9 Å². The maximum absolute atomic E-state index is 6.21. The molecule has 0 aromatic heterocycles. The van der Waals surface area contributed by atoms with Gasteiger partial charge in [-0.15, -0.1) is 0 Å². The third-order valence-electron chi connectivity index (χ3n) is 4.50. The molecule has 3 aromatic rings. The quantitative estimate of drug-likeness (QED) is 0.413. The van der Waals surface area contributed by atoms with E-state index in [2.05, 4.69) is 27.8 Å². The molecule has 154 valence electrons. The van der Waals surface area contributed by atoms with Crippen molar-refractivity contribution in [3.8, 4) is 29.1 Å². The van der Waals surface area contributed by atoms with Gasteiger partial charge in [-0.2, -0.15) is 0 Å². The van der Waals surface area contributed by atoms with Gasteiger partial charge in [0.25, 0.3) is 0 Å². The van der Waals surface area contributed by atoms with Crippen molar-refractivity contribution < 1.29 is 18.9 Å². The summed E-state index contributed by atoms with van der Waals surface area (Å²) in [5.74, 6) is 8.56. The number of rotatable bonds is 7. The Morgan fingerprint density at radius 1 is 0.833 bits per heavy atom. The van der Waals surface area contributed by atoms with Gasteiger partial charge in [0.15, 0.2) is 11.5 Å². The van der Waals surface area contributed by atoms with Crippen LogP contribution in [0.25, 0.3) is 0 Å². The second-order valence-corrected chi connectivity index (χ2v) is 7.25. The molecule has 4 nitrogen and oxygen atoms in total. The molecule has 3 aromatic carbocycles. The largest absolute Gasteiger partial charge is 0.497 e. The highest BCUT2D eigenvalue weighted by Crippen LogP contribution is 2.34. The normalized spacial score (nSPS) is 11.2. The lowest BCUT2D eigenvalue weighted by Gasteiger charge is -2.15. The highest BCUT2D eigenvalue weighted by molar-refractivity contribution is 9.10. The Kier molecular flexibility index (Phi) is 7.78. The SMILES string of the molecule is COc1ccc(C#CC(OCc2cc(OC)c(OC)cc2Br)c2ccccc2)cc1. The van der Waals surface area contributed by atoms with Crippen LogP contribution in [0.1, 0.15) is 22.8 Å². The summed E-state index contributed by atoms with van der Waals surface area (Å²) in [5.41, 5.74) is 2.84. The van der Waals surface area contributed by atoms with Crippen LogP contribution in [-0.4, -0.2) is 21.3 Å². The van der Waals surface area contributed by atoms with E-state index in [-0.39, 0.29) is 6.10 Å². The number of halogens is 1. The molecule has 0 amide bonds. The van der Waals surface area contributed by atoms with Crippen molar-refractivity contribution in [2.24, 2.45) is 0 Å². The van der Waals surface area contributed by atoms with E-state index < -0.39 is 0 Å². The molecule has 0 aliphatic carbocycles. The minimum Gasteiger partial charge on any atom is -0.497 e. The van der Waals surface area contributed by atoms with Crippen LogP contribution in [0.15, 0.2) is 71.2 Å². The summed E-state index contributed by atoms with van der Waals surface area (Å²) in [5, 5.41) is 0. The van der Waals surface area contributed by atoms with Crippen molar-refractivity contribution in [2.75, 3.05) is 21.3 Å². The fraction of sp³-hybridized carbons (Fsp3) is 0.200. The molecule has 0 heterocycles. The first-order valence-corrected chi connectivity index (χ1v) is 10.2. The van der Waals surface area contributed by atoms with E-state index >= 15 is 0 Å². The Balaban J connectivity index is 1.83. The van der Waals surface area contributed by atoms with E-state index in [0.717, 1.165) is 26.9 Å². The average molecular weight is 467 g/mol. The first-order chi connectivity index (χ1) is 14.6. The molecule has 0 radical (unpaired) electrons. The van der Waals surface area contributed by atoms with Gasteiger partial charge in [0, 0.05) is 10.0 Å². The van der Waals surface area contributed by atoms with E-state index in [1.165, 1.54) is 0 Å². The molecular formula is C25H23BrO4. The van der Waals surface area contributed by atoms with Gasteiger partial charge in [0.05, 0.1) is 27.9 Å². The maximum Gasteiger partial charge on any atom is 0.161 e. The van der Waals surface area contributed by atoms with Crippen LogP contribution in [-0.2, 0) is 11.3 Å². The molecule has 1 unspecified atom stereocenters. The molecule has 0 saturated heterocycles. The van der Waals surface area contributed by atoms with Crippen molar-refractivity contribution >= 4 is 15.9 Å². The number of methoxy groups -OCH3 is 3. The monoisotopic (exact) mass is 466 g/mol. The van der Waals surface area contributed by atoms with Crippen LogP contribution in [0.5, 0.6) is 17.2 Å². The summed E-state index contributed by atoms with van der Waals surface area (Å²) in [6.45, 7) is 0.359. The predicted molar refractivity (Wildman–Crippen MR) is 121 cm³/mol. The van der Waals surface area contributed by atoms with Gasteiger partial charge >= 0.3 is 0 Å². The minimum absolute atomic E-state index is 0.359. The standard InChI is InChI=1S/C25H23BrO4/c1-27-21-12-9-18(10-13-21)11-14-23(19-7-5-4-6-8-19)30-17-20-15-24(28-2)25(29-3)16-22(20)26/h4-10,12-13,15-16,23H,17H2,1-3H3. The van der Waals surface area contributed by atoms with Crippen molar-refractivity contribution in [1.29, 1.82) is 0 Å². The van der Waals surface area contributed by atoms with Crippen LogP contribution in [0.2, 0.25) is 0 Å². The topological polar surface area (TPSA) is 36.9 Å². The highest BCUT2D eigenvalue weighted by atomic mass is 79.9. The van der Waals surface area contributed by atoms with Crippen molar-refractivity contribution in [3.05, 3.63) is 87.9 Å². The van der Waals surface area contributed by atoms with E-state index in [0.29, 0.717) is 18.1 Å². The van der Waals surface area contributed by atoms with Gasteiger partial charge in [-0.05, 0) is 47.5 Å². The second-order valence-electron chi connectivity index (χ2n) is 6.40. The Morgan fingerprint density at radius 3 is 2.13 bits per heavy atom.